The van der Waals surface area contributed by atoms with Crippen LogP contribution >= 0.6 is 0 Å². The average Bonchev–Trinajstić information content (AvgIpc) is 3.48. The molecule has 2 aliphatic rings. The Morgan fingerprint density at radius 2 is 1.85 bits per heavy atom. The molecular weight excluding hydrogens is 328 g/mol. The van der Waals surface area contributed by atoms with Crippen molar-refractivity contribution in [3.63, 3.8) is 0 Å². The molecule has 7 nitrogen and oxygen atoms in total. The van der Waals surface area contributed by atoms with Crippen molar-refractivity contribution < 1.29 is 4.79 Å². The van der Waals surface area contributed by atoms with Crippen molar-refractivity contribution in [2.45, 2.75) is 63.5 Å². The van der Waals surface area contributed by atoms with Gasteiger partial charge in [0, 0.05) is 41.8 Å². The van der Waals surface area contributed by atoms with E-state index in [1.54, 1.807) is 0 Å². The lowest BCUT2D eigenvalue weighted by molar-refractivity contribution is 0.232. The summed E-state index contributed by atoms with van der Waals surface area (Å²) in [5.74, 6) is 1.27. The van der Waals surface area contributed by atoms with Crippen LogP contribution in [0, 0.1) is 0 Å². The van der Waals surface area contributed by atoms with Crippen LogP contribution in [0.2, 0.25) is 0 Å². The highest BCUT2D eigenvalue weighted by atomic mass is 16.2. The van der Waals surface area contributed by atoms with Gasteiger partial charge < -0.3 is 16.0 Å². The molecule has 2 aromatic rings. The summed E-state index contributed by atoms with van der Waals surface area (Å²) in [4.78, 5) is 25.4. The highest BCUT2D eigenvalue weighted by molar-refractivity contribution is 5.75. The molecule has 0 bridgehead atoms. The van der Waals surface area contributed by atoms with E-state index in [1.165, 1.54) is 12.8 Å². The zero-order valence-corrected chi connectivity index (χ0v) is 15.2. The normalized spacial score (nSPS) is 22.8. The maximum Gasteiger partial charge on any atom is 0.314 e. The second-order valence-corrected chi connectivity index (χ2v) is 7.31. The van der Waals surface area contributed by atoms with Gasteiger partial charge in [0.2, 0.25) is 5.95 Å². The zero-order valence-electron chi connectivity index (χ0n) is 15.2. The molecule has 0 aromatic carbocycles. The third kappa shape index (κ3) is 4.03. The molecule has 0 aliphatic heterocycles. The first-order chi connectivity index (χ1) is 12.7. The fourth-order valence-electron chi connectivity index (χ4n) is 3.56. The lowest BCUT2D eigenvalue weighted by atomic mass is 9.91. The summed E-state index contributed by atoms with van der Waals surface area (Å²) in [5, 5.41) is 10.2. The number of rotatable bonds is 5. The number of carbonyl (C=O) groups is 1. The smallest absolute Gasteiger partial charge is 0.314 e. The van der Waals surface area contributed by atoms with Crippen LogP contribution in [-0.2, 0) is 0 Å². The van der Waals surface area contributed by atoms with Gasteiger partial charge in [0.1, 0.15) is 0 Å². The van der Waals surface area contributed by atoms with E-state index in [9.17, 15) is 4.79 Å². The molecule has 0 saturated heterocycles. The van der Waals surface area contributed by atoms with E-state index in [0.29, 0.717) is 24.5 Å². The van der Waals surface area contributed by atoms with E-state index in [0.717, 1.165) is 42.4 Å². The number of pyridine rings is 1. The third-order valence-corrected chi connectivity index (χ3v) is 5.19. The molecule has 2 heterocycles. The lowest BCUT2D eigenvalue weighted by Gasteiger charge is -2.29. The van der Waals surface area contributed by atoms with E-state index >= 15 is 0 Å². The van der Waals surface area contributed by atoms with Crippen molar-refractivity contribution in [2.75, 3.05) is 11.9 Å². The molecule has 4 rings (SSSR count). The van der Waals surface area contributed by atoms with Crippen molar-refractivity contribution >= 4 is 23.0 Å². The summed E-state index contributed by atoms with van der Waals surface area (Å²) >= 11 is 0. The maximum absolute atomic E-state index is 11.6. The first-order valence-electron chi connectivity index (χ1n) is 9.66. The molecule has 0 atom stereocenters. The van der Waals surface area contributed by atoms with Crippen LogP contribution in [-0.4, -0.2) is 39.6 Å². The predicted molar refractivity (Wildman–Crippen MR) is 101 cm³/mol. The number of anilines is 1. The Hall–Kier alpha value is -2.44. The van der Waals surface area contributed by atoms with Crippen LogP contribution in [0.25, 0.3) is 11.0 Å². The standard InChI is InChI=1S/C19H26N6O/c1-2-20-19(26)23-15-8-6-14(7-9-15)22-18-21-11-13-5-10-16(12-3-4-12)24-17(13)25-18/h5,10-12,14-15H,2-4,6-9H2,1H3,(H2,20,23,26)(H,21,22,24,25)/t14-,15-. The molecule has 0 unspecified atom stereocenters. The SMILES string of the molecule is CCNC(=O)N[C@H]1CC[C@H](Nc2ncc3ccc(C4CC4)nc3n2)CC1. The molecule has 2 aromatic heterocycles. The molecule has 0 radical (unpaired) electrons. The van der Waals surface area contributed by atoms with Gasteiger partial charge in [0.05, 0.1) is 0 Å². The third-order valence-electron chi connectivity index (χ3n) is 5.19. The quantitative estimate of drug-likeness (QED) is 0.768. The number of hydrogen-bond donors (Lipinski definition) is 3. The van der Waals surface area contributed by atoms with Gasteiger partial charge in [-0.05, 0) is 57.6 Å². The summed E-state index contributed by atoms with van der Waals surface area (Å²) in [7, 11) is 0. The molecule has 2 fully saturated rings. The fraction of sp³-hybridized carbons (Fsp3) is 0.579. The molecule has 138 valence electrons. The van der Waals surface area contributed by atoms with Crippen LogP contribution in [0.15, 0.2) is 18.3 Å². The summed E-state index contributed by atoms with van der Waals surface area (Å²) in [6.07, 6.45) is 8.24. The monoisotopic (exact) mass is 354 g/mol. The first kappa shape index (κ1) is 17.0. The molecule has 26 heavy (non-hydrogen) atoms. The molecule has 2 saturated carbocycles. The Kier molecular flexibility index (Phi) is 4.86. The highest BCUT2D eigenvalue weighted by Crippen LogP contribution is 2.39. The average molecular weight is 354 g/mol. The molecule has 7 heteroatoms. The van der Waals surface area contributed by atoms with Crippen LogP contribution < -0.4 is 16.0 Å². The van der Waals surface area contributed by atoms with Gasteiger partial charge in [-0.3, -0.25) is 0 Å². The van der Waals surface area contributed by atoms with E-state index < -0.39 is 0 Å². The fourth-order valence-corrected chi connectivity index (χ4v) is 3.56. The van der Waals surface area contributed by atoms with E-state index in [2.05, 4.69) is 38.1 Å². The van der Waals surface area contributed by atoms with Gasteiger partial charge >= 0.3 is 6.03 Å². The Morgan fingerprint density at radius 3 is 2.58 bits per heavy atom. The minimum absolute atomic E-state index is 0.0701. The summed E-state index contributed by atoms with van der Waals surface area (Å²) in [6, 6.07) is 4.68. The van der Waals surface area contributed by atoms with E-state index in [4.69, 9.17) is 4.98 Å². The second-order valence-electron chi connectivity index (χ2n) is 7.31. The van der Waals surface area contributed by atoms with Crippen molar-refractivity contribution in [2.24, 2.45) is 0 Å². The van der Waals surface area contributed by atoms with Crippen LogP contribution in [0.1, 0.15) is 57.1 Å². The predicted octanol–water partition coefficient (Wildman–Crippen LogP) is 2.94. The molecule has 2 amide bonds. The van der Waals surface area contributed by atoms with Crippen LogP contribution in [0.3, 0.4) is 0 Å². The summed E-state index contributed by atoms with van der Waals surface area (Å²) in [5.41, 5.74) is 1.93. The largest absolute Gasteiger partial charge is 0.351 e. The Balaban J connectivity index is 1.35. The number of amides is 2. The Labute approximate surface area is 153 Å². The Bertz CT molecular complexity index is 783. The van der Waals surface area contributed by atoms with Crippen molar-refractivity contribution in [1.82, 2.24) is 25.6 Å². The molecule has 3 N–H and O–H groups in total. The van der Waals surface area contributed by atoms with E-state index in [1.807, 2.05) is 13.1 Å². The molecule has 0 spiro atoms. The van der Waals surface area contributed by atoms with Crippen molar-refractivity contribution in [3.05, 3.63) is 24.0 Å². The van der Waals surface area contributed by atoms with Gasteiger partial charge in [0.25, 0.3) is 0 Å². The molecule has 2 aliphatic carbocycles. The van der Waals surface area contributed by atoms with Gasteiger partial charge in [-0.2, -0.15) is 4.98 Å². The van der Waals surface area contributed by atoms with Crippen LogP contribution in [0.4, 0.5) is 10.7 Å². The van der Waals surface area contributed by atoms with Gasteiger partial charge in [-0.25, -0.2) is 14.8 Å². The van der Waals surface area contributed by atoms with Crippen molar-refractivity contribution in [1.29, 1.82) is 0 Å². The number of carbonyl (C=O) groups excluding carboxylic acids is 1. The Morgan fingerprint density at radius 1 is 1.08 bits per heavy atom. The van der Waals surface area contributed by atoms with Crippen molar-refractivity contribution in [3.8, 4) is 0 Å². The number of aromatic nitrogens is 3. The minimum atomic E-state index is -0.0701. The zero-order chi connectivity index (χ0) is 17.9. The number of nitrogens with one attached hydrogen (secondary N) is 3. The second kappa shape index (κ2) is 7.43. The minimum Gasteiger partial charge on any atom is -0.351 e. The first-order valence-corrected chi connectivity index (χ1v) is 9.66. The number of fused-ring (bicyclic) bond motifs is 1. The number of urea groups is 1. The van der Waals surface area contributed by atoms with Gasteiger partial charge in [-0.1, -0.05) is 0 Å². The van der Waals surface area contributed by atoms with Crippen LogP contribution in [0.5, 0.6) is 0 Å². The summed E-state index contributed by atoms with van der Waals surface area (Å²) < 4.78 is 0. The maximum atomic E-state index is 11.6. The van der Waals surface area contributed by atoms with Gasteiger partial charge in [-0.15, -0.1) is 0 Å². The topological polar surface area (TPSA) is 91.8 Å². The highest BCUT2D eigenvalue weighted by Gasteiger charge is 2.25. The number of hydrogen-bond acceptors (Lipinski definition) is 5. The summed E-state index contributed by atoms with van der Waals surface area (Å²) in [6.45, 7) is 2.57. The number of nitrogens with zero attached hydrogens (tertiary/aromatic N) is 3. The lowest BCUT2D eigenvalue weighted by Crippen LogP contribution is -2.44. The van der Waals surface area contributed by atoms with Gasteiger partial charge in [0.15, 0.2) is 5.65 Å². The molecular formula is C19H26N6O. The van der Waals surface area contributed by atoms with E-state index in [-0.39, 0.29) is 12.1 Å².